The molecule has 0 aromatic carbocycles. The first-order chi connectivity index (χ1) is 14.1. The van der Waals surface area contributed by atoms with Crippen molar-refractivity contribution in [2.45, 2.75) is 32.7 Å². The Morgan fingerprint density at radius 1 is 1.33 bits per heavy atom. The van der Waals surface area contributed by atoms with Crippen LogP contribution in [0.4, 0.5) is 0 Å². The molecule has 1 aromatic heterocycles. The highest BCUT2D eigenvalue weighted by molar-refractivity contribution is 7.91. The van der Waals surface area contributed by atoms with Crippen LogP contribution in [-0.4, -0.2) is 48.4 Å². The molecule has 7 nitrogen and oxygen atoms in total. The maximum atomic E-state index is 13.1. The summed E-state index contributed by atoms with van der Waals surface area (Å²) in [7, 11) is -1.64. The van der Waals surface area contributed by atoms with Crippen molar-refractivity contribution >= 4 is 27.0 Å². The highest BCUT2D eigenvalue weighted by Crippen LogP contribution is 2.42. The van der Waals surface area contributed by atoms with E-state index in [1.54, 1.807) is 24.2 Å². The Bertz CT molecular complexity index is 1190. The summed E-state index contributed by atoms with van der Waals surface area (Å²) in [6.45, 7) is 4.65. The minimum atomic E-state index is -3.33. The Labute approximate surface area is 176 Å². The first-order valence-corrected chi connectivity index (χ1v) is 12.2. The third kappa shape index (κ3) is 3.53. The second kappa shape index (κ2) is 7.27. The van der Waals surface area contributed by atoms with Gasteiger partial charge in [0.25, 0.3) is 5.56 Å². The zero-order chi connectivity index (χ0) is 21.8. The van der Waals surface area contributed by atoms with Gasteiger partial charge in [0.15, 0.2) is 9.84 Å². The molecule has 1 amide bonds. The summed E-state index contributed by atoms with van der Waals surface area (Å²) in [6, 6.07) is 1.66. The molecule has 1 aromatic rings. The molecule has 4 rings (SSSR count). The number of carbonyl (C=O) groups excluding carboxylic acids is 1. The summed E-state index contributed by atoms with van der Waals surface area (Å²) in [6.07, 6.45) is 7.70. The number of amides is 1. The number of hydrogen-bond donors (Lipinski definition) is 1. The molecule has 0 saturated heterocycles. The number of carbonyl (C=O) groups is 1. The van der Waals surface area contributed by atoms with Crippen molar-refractivity contribution in [3.05, 3.63) is 57.2 Å². The molecule has 0 bridgehead atoms. The zero-order valence-corrected chi connectivity index (χ0v) is 18.5. The van der Waals surface area contributed by atoms with Gasteiger partial charge >= 0.3 is 0 Å². The molecule has 0 spiro atoms. The van der Waals surface area contributed by atoms with E-state index in [4.69, 9.17) is 0 Å². The van der Waals surface area contributed by atoms with Gasteiger partial charge in [0.05, 0.1) is 23.1 Å². The first kappa shape index (κ1) is 20.7. The van der Waals surface area contributed by atoms with E-state index in [1.165, 1.54) is 10.8 Å². The van der Waals surface area contributed by atoms with Crippen LogP contribution >= 0.6 is 0 Å². The van der Waals surface area contributed by atoms with E-state index in [9.17, 15) is 18.0 Å². The highest BCUT2D eigenvalue weighted by atomic mass is 32.2. The quantitative estimate of drug-likeness (QED) is 0.787. The molecule has 2 aliphatic heterocycles. The van der Waals surface area contributed by atoms with E-state index in [-0.39, 0.29) is 29.2 Å². The molecule has 8 heteroatoms. The standard InChI is InChI=1S/C22H27N3O4S/c1-13(2)9-18(26)25-11-14-10-15(12-30(4,28)29)16-6-8-24(3)22(27)20(16)21-19(14)17(25)5-7-23-21/h6,8,10-11,13,17,23H,5,7,9,12H2,1-4H3. The third-order valence-electron chi connectivity index (χ3n) is 5.73. The van der Waals surface area contributed by atoms with Gasteiger partial charge in [0.2, 0.25) is 5.91 Å². The topological polar surface area (TPSA) is 88.5 Å². The highest BCUT2D eigenvalue weighted by Gasteiger charge is 2.40. The van der Waals surface area contributed by atoms with E-state index in [0.29, 0.717) is 35.4 Å². The van der Waals surface area contributed by atoms with E-state index in [2.05, 4.69) is 5.32 Å². The Morgan fingerprint density at radius 2 is 2.07 bits per heavy atom. The molecule has 0 saturated carbocycles. The van der Waals surface area contributed by atoms with Crippen molar-refractivity contribution in [2.75, 3.05) is 18.6 Å². The molecule has 1 N–H and O–H groups in total. The van der Waals surface area contributed by atoms with Gasteiger partial charge in [0.1, 0.15) is 0 Å². The van der Waals surface area contributed by atoms with Crippen molar-refractivity contribution in [1.82, 2.24) is 14.8 Å². The Kier molecular flexibility index (Phi) is 5.00. The molecule has 1 atom stereocenters. The fraction of sp³-hybridized carbons (Fsp3) is 0.455. The van der Waals surface area contributed by atoms with Crippen LogP contribution in [0.3, 0.4) is 0 Å². The van der Waals surface area contributed by atoms with Gasteiger partial charge in [-0.3, -0.25) is 9.59 Å². The lowest BCUT2D eigenvalue weighted by Crippen LogP contribution is -2.41. The predicted octanol–water partition coefficient (Wildman–Crippen LogP) is 1.67. The average molecular weight is 430 g/mol. The summed E-state index contributed by atoms with van der Waals surface area (Å²) in [5.41, 5.74) is 3.93. The number of sulfone groups is 1. The monoisotopic (exact) mass is 429 g/mol. The van der Waals surface area contributed by atoms with Gasteiger partial charge in [-0.25, -0.2) is 8.42 Å². The van der Waals surface area contributed by atoms with E-state index >= 15 is 0 Å². The third-order valence-corrected chi connectivity index (χ3v) is 6.57. The number of hydrogen-bond acceptors (Lipinski definition) is 5. The number of pyridine rings is 1. The normalized spacial score (nSPS) is 20.3. The van der Waals surface area contributed by atoms with Gasteiger partial charge in [-0.15, -0.1) is 0 Å². The Morgan fingerprint density at radius 3 is 2.73 bits per heavy atom. The number of aryl methyl sites for hydroxylation is 1. The molecule has 1 aliphatic carbocycles. The maximum absolute atomic E-state index is 13.1. The van der Waals surface area contributed by atoms with Gasteiger partial charge in [-0.05, 0) is 41.2 Å². The maximum Gasteiger partial charge on any atom is 0.260 e. The van der Waals surface area contributed by atoms with Crippen LogP contribution in [0.15, 0.2) is 40.5 Å². The van der Waals surface area contributed by atoms with Crippen LogP contribution < -0.4 is 10.9 Å². The van der Waals surface area contributed by atoms with Crippen LogP contribution in [0.1, 0.15) is 37.8 Å². The number of nitrogens with one attached hydrogen (secondary N) is 1. The second-order valence-corrected chi connectivity index (χ2v) is 10.9. The number of fused-ring (bicyclic) bond motifs is 2. The van der Waals surface area contributed by atoms with Gasteiger partial charge in [0, 0.05) is 44.2 Å². The van der Waals surface area contributed by atoms with Crippen molar-refractivity contribution in [3.63, 3.8) is 0 Å². The summed E-state index contributed by atoms with van der Waals surface area (Å²) in [4.78, 5) is 27.8. The summed E-state index contributed by atoms with van der Waals surface area (Å²) < 4.78 is 25.8. The molecule has 160 valence electrons. The molecule has 3 aliphatic rings. The van der Waals surface area contributed by atoms with Gasteiger partial charge in [-0.1, -0.05) is 13.8 Å². The minimum Gasteiger partial charge on any atom is -0.384 e. The second-order valence-electron chi connectivity index (χ2n) is 8.76. The minimum absolute atomic E-state index is 0.0450. The Balaban J connectivity index is 1.96. The largest absolute Gasteiger partial charge is 0.384 e. The lowest BCUT2D eigenvalue weighted by molar-refractivity contribution is -0.130. The zero-order valence-electron chi connectivity index (χ0n) is 17.7. The van der Waals surface area contributed by atoms with Crippen LogP contribution in [-0.2, 0) is 21.7 Å². The molecular weight excluding hydrogens is 402 g/mol. The summed E-state index contributed by atoms with van der Waals surface area (Å²) >= 11 is 0. The number of allylic oxidation sites excluding steroid dienone is 1. The SMILES string of the molecule is CC(C)CC(=O)N1C=C2C=C(CS(C)(=O)=O)c3ccn(C)c(=O)c3C3=C2C1CCN3. The molecule has 0 fully saturated rings. The van der Waals surface area contributed by atoms with Crippen LogP contribution in [0.25, 0.3) is 11.3 Å². The van der Waals surface area contributed by atoms with E-state index in [0.717, 1.165) is 17.6 Å². The van der Waals surface area contributed by atoms with Gasteiger partial charge in [-0.2, -0.15) is 0 Å². The number of aromatic nitrogens is 1. The molecular formula is C22H27N3O4S. The number of nitrogens with zero attached hydrogens (tertiary/aromatic N) is 2. The average Bonchev–Trinajstić information content (AvgIpc) is 2.94. The molecule has 1 unspecified atom stereocenters. The number of rotatable bonds is 4. The predicted molar refractivity (Wildman–Crippen MR) is 117 cm³/mol. The van der Waals surface area contributed by atoms with Crippen molar-refractivity contribution in [3.8, 4) is 0 Å². The molecule has 3 heterocycles. The fourth-order valence-corrected chi connectivity index (χ4v) is 5.31. The van der Waals surface area contributed by atoms with E-state index in [1.807, 2.05) is 26.1 Å². The molecule has 0 radical (unpaired) electrons. The smallest absolute Gasteiger partial charge is 0.260 e. The lowest BCUT2D eigenvalue weighted by Gasteiger charge is -2.31. The van der Waals surface area contributed by atoms with Crippen molar-refractivity contribution < 1.29 is 13.2 Å². The Hall–Kier alpha value is -2.61. The van der Waals surface area contributed by atoms with Gasteiger partial charge < -0.3 is 14.8 Å². The van der Waals surface area contributed by atoms with Crippen molar-refractivity contribution in [2.24, 2.45) is 13.0 Å². The molecule has 30 heavy (non-hydrogen) atoms. The van der Waals surface area contributed by atoms with E-state index < -0.39 is 9.84 Å². The van der Waals surface area contributed by atoms with Crippen LogP contribution in [0.5, 0.6) is 0 Å². The summed E-state index contributed by atoms with van der Waals surface area (Å²) in [5.74, 6) is 0.111. The summed E-state index contributed by atoms with van der Waals surface area (Å²) in [5, 5.41) is 3.37. The fourth-order valence-electron chi connectivity index (χ4n) is 4.51. The van der Waals surface area contributed by atoms with Crippen molar-refractivity contribution in [1.29, 1.82) is 0 Å². The van der Waals surface area contributed by atoms with Crippen LogP contribution in [0.2, 0.25) is 0 Å². The van der Waals surface area contributed by atoms with Crippen LogP contribution in [0, 0.1) is 5.92 Å². The lowest BCUT2D eigenvalue weighted by atomic mass is 9.92. The first-order valence-electron chi connectivity index (χ1n) is 10.2.